The van der Waals surface area contributed by atoms with E-state index in [1.165, 1.54) is 6.07 Å². The molecule has 4 rings (SSSR count). The lowest BCUT2D eigenvalue weighted by Crippen LogP contribution is -2.39. The van der Waals surface area contributed by atoms with Gasteiger partial charge in [-0.3, -0.25) is 4.79 Å². The van der Waals surface area contributed by atoms with Crippen molar-refractivity contribution < 1.29 is 9.18 Å². The van der Waals surface area contributed by atoms with Gasteiger partial charge in [-0.2, -0.15) is 11.8 Å². The van der Waals surface area contributed by atoms with Crippen molar-refractivity contribution in [2.45, 2.75) is 18.9 Å². The minimum absolute atomic E-state index is 0. The van der Waals surface area contributed by atoms with Crippen molar-refractivity contribution >= 4 is 59.2 Å². The molecule has 1 aliphatic heterocycles. The highest BCUT2D eigenvalue weighted by atomic mass is 35.5. The van der Waals surface area contributed by atoms with Gasteiger partial charge in [0, 0.05) is 42.6 Å². The number of benzene rings is 2. The molecule has 2 heterocycles. The topological polar surface area (TPSA) is 69.8 Å². The molecule has 156 valence electrons. The van der Waals surface area contributed by atoms with Crippen molar-refractivity contribution in [1.29, 1.82) is 0 Å². The molecule has 0 radical (unpaired) electrons. The van der Waals surface area contributed by atoms with Crippen LogP contribution in [0.2, 0.25) is 0 Å². The van der Waals surface area contributed by atoms with Gasteiger partial charge in [0.15, 0.2) is 0 Å². The fraction of sp³-hybridized carbons (Fsp3) is 0.300. The summed E-state index contributed by atoms with van der Waals surface area (Å²) in [6.45, 7) is 0.952. The van der Waals surface area contributed by atoms with E-state index in [1.807, 2.05) is 36.0 Å². The maximum absolute atomic E-state index is 13.8. The van der Waals surface area contributed by atoms with Gasteiger partial charge in [-0.1, -0.05) is 18.2 Å². The molecular formula is C20H23Cl2FN4OS. The number of nitrogens with one attached hydrogen (secondary N) is 3. The summed E-state index contributed by atoms with van der Waals surface area (Å²) >= 11 is 1.88. The minimum Gasteiger partial charge on any atom is -0.342 e. The summed E-state index contributed by atoms with van der Waals surface area (Å²) in [5.41, 5.74) is 2.95. The quantitative estimate of drug-likeness (QED) is 0.538. The molecule has 1 aromatic heterocycles. The maximum Gasteiger partial charge on any atom is 0.225 e. The van der Waals surface area contributed by atoms with Crippen LogP contribution in [0.15, 0.2) is 42.5 Å². The molecule has 0 bridgehead atoms. The number of aromatic amines is 1. The Hall–Kier alpha value is -1.80. The second-order valence-electron chi connectivity index (χ2n) is 6.66. The van der Waals surface area contributed by atoms with E-state index in [9.17, 15) is 9.18 Å². The van der Waals surface area contributed by atoms with E-state index >= 15 is 0 Å². The summed E-state index contributed by atoms with van der Waals surface area (Å²) in [5.74, 6) is 2.53. The molecule has 1 aliphatic rings. The largest absolute Gasteiger partial charge is 0.342 e. The van der Waals surface area contributed by atoms with Crippen molar-refractivity contribution in [3.05, 3.63) is 59.7 Å². The normalized spacial score (nSPS) is 16.0. The average molecular weight is 457 g/mol. The van der Waals surface area contributed by atoms with Gasteiger partial charge in [0.1, 0.15) is 11.6 Å². The molecule has 3 aromatic rings. The standard InChI is InChI=1S/C20H21FN4OS.2ClH/c21-16-4-2-1-3-13(16)9-19-24-17-6-5-14(10-18(17)25-19)23-20(26)11-15-12-27-8-7-22-15;;/h1-6,10,15,22H,7-9,11-12H2,(H,23,26)(H,24,25);2*1H. The van der Waals surface area contributed by atoms with Gasteiger partial charge in [-0.25, -0.2) is 9.37 Å². The number of carbonyl (C=O) groups is 1. The lowest BCUT2D eigenvalue weighted by atomic mass is 10.1. The zero-order chi connectivity index (χ0) is 18.6. The molecule has 1 saturated heterocycles. The molecule has 2 aromatic carbocycles. The third-order valence-corrected chi connectivity index (χ3v) is 5.69. The SMILES string of the molecule is Cl.Cl.O=C(CC1CSCCN1)Nc1ccc2nc(Cc3ccccc3F)[nH]c2c1. The van der Waals surface area contributed by atoms with Crippen LogP contribution in [-0.4, -0.2) is 40.0 Å². The van der Waals surface area contributed by atoms with E-state index in [0.29, 0.717) is 24.2 Å². The van der Waals surface area contributed by atoms with E-state index in [-0.39, 0.29) is 42.6 Å². The van der Waals surface area contributed by atoms with Crippen LogP contribution in [0, 0.1) is 5.82 Å². The summed E-state index contributed by atoms with van der Waals surface area (Å²) in [7, 11) is 0. The number of aromatic nitrogens is 2. The summed E-state index contributed by atoms with van der Waals surface area (Å²) in [6, 6.07) is 12.5. The predicted molar refractivity (Wildman–Crippen MR) is 122 cm³/mol. The Morgan fingerprint density at radius 3 is 2.83 bits per heavy atom. The Morgan fingerprint density at radius 1 is 1.24 bits per heavy atom. The molecule has 1 fully saturated rings. The molecule has 1 unspecified atom stereocenters. The predicted octanol–water partition coefficient (Wildman–Crippen LogP) is 4.17. The summed E-state index contributed by atoms with van der Waals surface area (Å²) in [6.07, 6.45) is 0.862. The first-order valence-electron chi connectivity index (χ1n) is 9.00. The molecular weight excluding hydrogens is 434 g/mol. The lowest BCUT2D eigenvalue weighted by molar-refractivity contribution is -0.116. The Bertz CT molecular complexity index is 963. The average Bonchev–Trinajstić information content (AvgIpc) is 3.06. The van der Waals surface area contributed by atoms with Crippen molar-refractivity contribution in [3.8, 4) is 0 Å². The van der Waals surface area contributed by atoms with Gasteiger partial charge >= 0.3 is 0 Å². The van der Waals surface area contributed by atoms with E-state index < -0.39 is 0 Å². The second-order valence-corrected chi connectivity index (χ2v) is 7.81. The number of H-pyrrole nitrogens is 1. The molecule has 29 heavy (non-hydrogen) atoms. The van der Waals surface area contributed by atoms with E-state index in [1.54, 1.807) is 12.1 Å². The smallest absolute Gasteiger partial charge is 0.225 e. The number of fused-ring (bicyclic) bond motifs is 1. The van der Waals surface area contributed by atoms with Crippen molar-refractivity contribution in [3.63, 3.8) is 0 Å². The van der Waals surface area contributed by atoms with Crippen molar-refractivity contribution in [1.82, 2.24) is 15.3 Å². The van der Waals surface area contributed by atoms with Crippen LogP contribution in [0.25, 0.3) is 11.0 Å². The number of carbonyl (C=O) groups excluding carboxylic acids is 1. The molecule has 0 saturated carbocycles. The van der Waals surface area contributed by atoms with E-state index in [4.69, 9.17) is 0 Å². The van der Waals surface area contributed by atoms with Gasteiger partial charge in [0.25, 0.3) is 0 Å². The van der Waals surface area contributed by atoms with Crippen LogP contribution in [0.5, 0.6) is 0 Å². The number of imidazole rings is 1. The number of hydrogen-bond acceptors (Lipinski definition) is 4. The summed E-state index contributed by atoms with van der Waals surface area (Å²) in [4.78, 5) is 20.0. The number of amides is 1. The highest BCUT2D eigenvalue weighted by Crippen LogP contribution is 2.20. The Morgan fingerprint density at radius 2 is 2.07 bits per heavy atom. The first-order chi connectivity index (χ1) is 13.2. The Labute approximate surface area is 185 Å². The number of rotatable bonds is 5. The van der Waals surface area contributed by atoms with E-state index in [0.717, 1.165) is 34.8 Å². The highest BCUT2D eigenvalue weighted by Gasteiger charge is 2.17. The van der Waals surface area contributed by atoms with Crippen LogP contribution >= 0.6 is 36.6 Å². The third-order valence-electron chi connectivity index (χ3n) is 4.56. The number of thioether (sulfide) groups is 1. The van der Waals surface area contributed by atoms with Crippen LogP contribution in [-0.2, 0) is 11.2 Å². The lowest BCUT2D eigenvalue weighted by Gasteiger charge is -2.22. The molecule has 0 aliphatic carbocycles. The first-order valence-corrected chi connectivity index (χ1v) is 10.2. The van der Waals surface area contributed by atoms with E-state index in [2.05, 4.69) is 20.6 Å². The number of nitrogens with zero attached hydrogens (tertiary/aromatic N) is 1. The molecule has 1 atom stereocenters. The minimum atomic E-state index is -0.236. The Kier molecular flexibility index (Phi) is 8.77. The highest BCUT2D eigenvalue weighted by molar-refractivity contribution is 7.99. The zero-order valence-corrected chi connectivity index (χ0v) is 18.1. The number of anilines is 1. The van der Waals surface area contributed by atoms with Crippen LogP contribution < -0.4 is 10.6 Å². The van der Waals surface area contributed by atoms with Crippen molar-refractivity contribution in [2.24, 2.45) is 0 Å². The maximum atomic E-state index is 13.8. The third kappa shape index (κ3) is 6.09. The van der Waals surface area contributed by atoms with Gasteiger partial charge < -0.3 is 15.6 Å². The number of halogens is 3. The summed E-state index contributed by atoms with van der Waals surface area (Å²) < 4.78 is 13.8. The molecule has 1 amide bonds. The zero-order valence-electron chi connectivity index (χ0n) is 15.6. The van der Waals surface area contributed by atoms with Gasteiger partial charge in [-0.15, -0.1) is 24.8 Å². The second kappa shape index (κ2) is 10.8. The number of hydrogen-bond donors (Lipinski definition) is 3. The summed E-state index contributed by atoms with van der Waals surface area (Å²) in [5, 5.41) is 6.32. The van der Waals surface area contributed by atoms with Crippen molar-refractivity contribution in [2.75, 3.05) is 23.4 Å². The molecule has 3 N–H and O–H groups in total. The fourth-order valence-corrected chi connectivity index (χ4v) is 4.18. The molecule has 0 spiro atoms. The Balaban J connectivity index is 0.00000150. The van der Waals surface area contributed by atoms with Gasteiger partial charge in [0.2, 0.25) is 5.91 Å². The fourth-order valence-electron chi connectivity index (χ4n) is 3.23. The molecule has 9 heteroatoms. The monoisotopic (exact) mass is 456 g/mol. The molecule has 5 nitrogen and oxygen atoms in total. The first kappa shape index (κ1) is 23.5. The van der Waals surface area contributed by atoms with Crippen LogP contribution in [0.4, 0.5) is 10.1 Å². The van der Waals surface area contributed by atoms with Gasteiger partial charge in [-0.05, 0) is 29.8 Å². The van der Waals surface area contributed by atoms with Crippen LogP contribution in [0.3, 0.4) is 0 Å². The van der Waals surface area contributed by atoms with Crippen LogP contribution in [0.1, 0.15) is 17.8 Å². The van der Waals surface area contributed by atoms with Gasteiger partial charge in [0.05, 0.1) is 11.0 Å².